The molecule has 2 N–H and O–H groups in total. The Morgan fingerprint density at radius 1 is 1.44 bits per heavy atom. The summed E-state index contributed by atoms with van der Waals surface area (Å²) in [7, 11) is 0. The number of hydrogen-bond donors (Lipinski definition) is 2. The first-order chi connectivity index (χ1) is 7.50. The van der Waals surface area contributed by atoms with Crippen molar-refractivity contribution in [1.29, 1.82) is 0 Å². The first-order valence-electron chi connectivity index (χ1n) is 5.79. The maximum absolute atomic E-state index is 9.39. The minimum Gasteiger partial charge on any atom is -0.394 e. The molecule has 0 bridgehead atoms. The molecule has 0 fully saturated rings. The van der Waals surface area contributed by atoms with Crippen molar-refractivity contribution in [2.75, 3.05) is 6.61 Å². The van der Waals surface area contributed by atoms with Crippen LogP contribution in [0.4, 0.5) is 0 Å². The van der Waals surface area contributed by atoms with Crippen LogP contribution in [0, 0.1) is 13.8 Å². The van der Waals surface area contributed by atoms with Gasteiger partial charge in [-0.2, -0.15) is 0 Å². The first-order valence-corrected chi connectivity index (χ1v) is 6.61. The van der Waals surface area contributed by atoms with E-state index in [1.54, 1.807) is 11.3 Å². The SMILES string of the molecule is CCCC(C)(CO)NCc1sc(C)nc1C. The van der Waals surface area contributed by atoms with Gasteiger partial charge in [0, 0.05) is 17.0 Å². The van der Waals surface area contributed by atoms with Crippen LogP contribution in [0.3, 0.4) is 0 Å². The van der Waals surface area contributed by atoms with E-state index in [4.69, 9.17) is 0 Å². The summed E-state index contributed by atoms with van der Waals surface area (Å²) in [6, 6.07) is 0. The largest absolute Gasteiger partial charge is 0.394 e. The number of thiazole rings is 1. The van der Waals surface area contributed by atoms with Gasteiger partial charge in [0.05, 0.1) is 17.3 Å². The third-order valence-corrected chi connectivity index (χ3v) is 3.90. The van der Waals surface area contributed by atoms with Crippen molar-refractivity contribution in [3.05, 3.63) is 15.6 Å². The molecule has 4 heteroatoms. The van der Waals surface area contributed by atoms with Crippen molar-refractivity contribution >= 4 is 11.3 Å². The number of hydrogen-bond acceptors (Lipinski definition) is 4. The number of aliphatic hydroxyl groups excluding tert-OH is 1. The summed E-state index contributed by atoms with van der Waals surface area (Å²) in [5, 5.41) is 13.9. The Hall–Kier alpha value is -0.450. The number of nitrogens with zero attached hydrogens (tertiary/aromatic N) is 1. The predicted molar refractivity (Wildman–Crippen MR) is 68.8 cm³/mol. The zero-order valence-electron chi connectivity index (χ0n) is 10.6. The summed E-state index contributed by atoms with van der Waals surface area (Å²) in [6.07, 6.45) is 2.06. The molecule has 1 unspecified atom stereocenters. The average Bonchev–Trinajstić information content (AvgIpc) is 2.55. The van der Waals surface area contributed by atoms with Gasteiger partial charge in [0.2, 0.25) is 0 Å². The van der Waals surface area contributed by atoms with E-state index in [2.05, 4.69) is 24.1 Å². The number of nitrogens with one attached hydrogen (secondary N) is 1. The summed E-state index contributed by atoms with van der Waals surface area (Å²) in [4.78, 5) is 5.67. The Labute approximate surface area is 102 Å². The molecule has 1 aromatic heterocycles. The fourth-order valence-corrected chi connectivity index (χ4v) is 2.68. The minimum atomic E-state index is -0.168. The van der Waals surface area contributed by atoms with Crippen LogP contribution in [0.25, 0.3) is 0 Å². The third-order valence-electron chi connectivity index (χ3n) is 2.83. The van der Waals surface area contributed by atoms with Gasteiger partial charge < -0.3 is 10.4 Å². The van der Waals surface area contributed by atoms with Crippen LogP contribution in [0.2, 0.25) is 0 Å². The molecule has 0 aromatic carbocycles. The molecule has 0 saturated carbocycles. The van der Waals surface area contributed by atoms with E-state index in [-0.39, 0.29) is 12.1 Å². The zero-order chi connectivity index (χ0) is 12.2. The summed E-state index contributed by atoms with van der Waals surface area (Å²) in [5.74, 6) is 0. The molecule has 1 heterocycles. The van der Waals surface area contributed by atoms with E-state index >= 15 is 0 Å². The summed E-state index contributed by atoms with van der Waals surface area (Å²) >= 11 is 1.73. The fraction of sp³-hybridized carbons (Fsp3) is 0.750. The highest BCUT2D eigenvalue weighted by Gasteiger charge is 2.21. The Bertz CT molecular complexity index is 338. The Morgan fingerprint density at radius 2 is 2.12 bits per heavy atom. The normalized spacial score (nSPS) is 15.1. The molecule has 0 amide bonds. The Morgan fingerprint density at radius 3 is 2.56 bits per heavy atom. The van der Waals surface area contributed by atoms with Crippen molar-refractivity contribution in [2.24, 2.45) is 0 Å². The zero-order valence-corrected chi connectivity index (χ0v) is 11.4. The van der Waals surface area contributed by atoms with Crippen molar-refractivity contribution in [1.82, 2.24) is 10.3 Å². The molecule has 0 aliphatic heterocycles. The van der Waals surface area contributed by atoms with Crippen LogP contribution < -0.4 is 5.32 Å². The van der Waals surface area contributed by atoms with Crippen molar-refractivity contribution in [2.45, 2.75) is 52.6 Å². The van der Waals surface area contributed by atoms with Gasteiger partial charge in [0.15, 0.2) is 0 Å². The molecule has 0 aliphatic rings. The number of rotatable bonds is 6. The summed E-state index contributed by atoms with van der Waals surface area (Å²) in [5.41, 5.74) is 0.936. The Kier molecular flexibility index (Phi) is 4.89. The lowest BCUT2D eigenvalue weighted by Crippen LogP contribution is -2.45. The highest BCUT2D eigenvalue weighted by atomic mass is 32.1. The molecule has 0 spiro atoms. The molecule has 0 saturated heterocycles. The van der Waals surface area contributed by atoms with Crippen LogP contribution in [-0.4, -0.2) is 22.2 Å². The second-order valence-electron chi connectivity index (χ2n) is 4.56. The molecule has 1 rings (SSSR count). The predicted octanol–water partition coefficient (Wildman–Crippen LogP) is 2.40. The number of aryl methyl sites for hydroxylation is 2. The van der Waals surface area contributed by atoms with Crippen molar-refractivity contribution < 1.29 is 5.11 Å². The van der Waals surface area contributed by atoms with E-state index in [9.17, 15) is 5.11 Å². The van der Waals surface area contributed by atoms with Crippen LogP contribution >= 0.6 is 11.3 Å². The second kappa shape index (κ2) is 5.75. The Balaban J connectivity index is 2.59. The van der Waals surface area contributed by atoms with Gasteiger partial charge in [0.25, 0.3) is 0 Å². The fourth-order valence-electron chi connectivity index (χ4n) is 1.81. The molecule has 0 aliphatic carbocycles. The van der Waals surface area contributed by atoms with Crippen LogP contribution in [0.1, 0.15) is 42.3 Å². The van der Waals surface area contributed by atoms with Crippen LogP contribution in [-0.2, 0) is 6.54 Å². The monoisotopic (exact) mass is 242 g/mol. The quantitative estimate of drug-likeness (QED) is 0.805. The van der Waals surface area contributed by atoms with E-state index in [0.717, 1.165) is 30.1 Å². The molecule has 1 atom stereocenters. The first kappa shape index (κ1) is 13.6. The molecular formula is C12H22N2OS. The van der Waals surface area contributed by atoms with Gasteiger partial charge >= 0.3 is 0 Å². The lowest BCUT2D eigenvalue weighted by atomic mass is 9.97. The van der Waals surface area contributed by atoms with Gasteiger partial charge in [-0.25, -0.2) is 4.98 Å². The van der Waals surface area contributed by atoms with Gasteiger partial charge in [-0.15, -0.1) is 11.3 Å². The van der Waals surface area contributed by atoms with Crippen LogP contribution in [0.15, 0.2) is 0 Å². The van der Waals surface area contributed by atoms with Gasteiger partial charge in [0.1, 0.15) is 0 Å². The van der Waals surface area contributed by atoms with Crippen molar-refractivity contribution in [3.8, 4) is 0 Å². The average molecular weight is 242 g/mol. The maximum atomic E-state index is 9.39. The smallest absolute Gasteiger partial charge is 0.0900 e. The van der Waals surface area contributed by atoms with E-state index < -0.39 is 0 Å². The van der Waals surface area contributed by atoms with Gasteiger partial charge in [-0.05, 0) is 27.2 Å². The molecule has 3 nitrogen and oxygen atoms in total. The summed E-state index contributed by atoms with van der Waals surface area (Å²) < 4.78 is 0. The highest BCUT2D eigenvalue weighted by Crippen LogP contribution is 2.19. The number of aliphatic hydroxyl groups is 1. The third kappa shape index (κ3) is 3.54. The van der Waals surface area contributed by atoms with Crippen molar-refractivity contribution in [3.63, 3.8) is 0 Å². The second-order valence-corrected chi connectivity index (χ2v) is 5.85. The topological polar surface area (TPSA) is 45.1 Å². The highest BCUT2D eigenvalue weighted by molar-refractivity contribution is 7.11. The summed E-state index contributed by atoms with van der Waals surface area (Å²) in [6.45, 7) is 9.25. The van der Waals surface area contributed by atoms with Gasteiger partial charge in [-0.1, -0.05) is 13.3 Å². The lowest BCUT2D eigenvalue weighted by Gasteiger charge is -2.28. The standard InChI is InChI=1S/C12H22N2OS/c1-5-6-12(4,8-15)13-7-11-9(2)14-10(3)16-11/h13,15H,5-8H2,1-4H3. The number of aromatic nitrogens is 1. The lowest BCUT2D eigenvalue weighted by molar-refractivity contribution is 0.163. The maximum Gasteiger partial charge on any atom is 0.0900 e. The molecular weight excluding hydrogens is 220 g/mol. The van der Waals surface area contributed by atoms with E-state index in [1.165, 1.54) is 4.88 Å². The molecule has 16 heavy (non-hydrogen) atoms. The minimum absolute atomic E-state index is 0.168. The van der Waals surface area contributed by atoms with E-state index in [1.807, 2.05) is 13.8 Å². The molecule has 92 valence electrons. The molecule has 1 aromatic rings. The van der Waals surface area contributed by atoms with Crippen LogP contribution in [0.5, 0.6) is 0 Å². The van der Waals surface area contributed by atoms with Gasteiger partial charge in [-0.3, -0.25) is 0 Å². The van der Waals surface area contributed by atoms with E-state index in [0.29, 0.717) is 0 Å². The molecule has 0 radical (unpaired) electrons.